The Kier molecular flexibility index (Phi) is 41.5. The molecule has 17 aromatic rings. The molecular weight excluding hydrogens is 1970 g/mol. The average molecular weight is 2070 g/mol. The fraction of sp³-hybridized carbons (Fsp3) is 0.165. The van der Waals surface area contributed by atoms with Crippen molar-refractivity contribution in [3.05, 3.63) is 542 Å². The zero-order valence-electron chi connectivity index (χ0n) is 82.9. The minimum atomic E-state index is -4.95. The van der Waals surface area contributed by atoms with Gasteiger partial charge < -0.3 is 38.1 Å². The van der Waals surface area contributed by atoms with Crippen molar-refractivity contribution >= 4 is 32.7 Å². The van der Waals surface area contributed by atoms with Crippen LogP contribution in [0.5, 0.6) is 23.5 Å². The number of nitrogens with zero attached hydrogens (tertiary/aromatic N) is 8. The van der Waals surface area contributed by atoms with Crippen molar-refractivity contribution in [2.45, 2.75) is 111 Å². The van der Waals surface area contributed by atoms with E-state index in [9.17, 15) is 60.9 Å². The van der Waals surface area contributed by atoms with Gasteiger partial charge in [-0.05, 0) is 164 Å². The molecule has 18 rings (SSSR count). The summed E-state index contributed by atoms with van der Waals surface area (Å²) < 4.78 is 104. The predicted octanol–water partition coefficient (Wildman–Crippen LogP) is 9.04. The van der Waals surface area contributed by atoms with Crippen LogP contribution in [0.3, 0.4) is 0 Å². The third-order valence-corrected chi connectivity index (χ3v) is 24.1. The first kappa shape index (κ1) is 113. The first-order valence-electron chi connectivity index (χ1n) is 47.1. The summed E-state index contributed by atoms with van der Waals surface area (Å²) in [4.78, 5) is 136. The Morgan fingerprint density at radius 2 is 0.787 bits per heavy atom. The van der Waals surface area contributed by atoms with Gasteiger partial charge in [0, 0.05) is 19.3 Å². The summed E-state index contributed by atoms with van der Waals surface area (Å²) in [7, 11) is -8.06. The third kappa shape index (κ3) is 29.6. The third-order valence-electron chi connectivity index (χ3n) is 23.5. The van der Waals surface area contributed by atoms with E-state index in [0.29, 0.717) is 86.9 Å². The second-order valence-electron chi connectivity index (χ2n) is 34.0. The van der Waals surface area contributed by atoms with Gasteiger partial charge in [0.15, 0.2) is 6.79 Å². The summed E-state index contributed by atoms with van der Waals surface area (Å²) in [5, 5.41) is 9.16. The molecule has 1 saturated heterocycles. The molecule has 0 bridgehead atoms. The molecule has 1 aliphatic heterocycles. The van der Waals surface area contributed by atoms with Crippen LogP contribution in [0.4, 0.5) is 0 Å². The van der Waals surface area contributed by atoms with E-state index in [0.717, 1.165) is 66.5 Å². The van der Waals surface area contributed by atoms with Gasteiger partial charge in [0.25, 0.3) is 22.2 Å². The van der Waals surface area contributed by atoms with Crippen LogP contribution in [-0.2, 0) is 88.1 Å². The molecule has 31 nitrogen and oxygen atoms in total. The minimum Gasteiger partial charge on any atom is -0.747 e. The number of aryl methyl sites for hydroxylation is 3. The number of aliphatic hydroxyl groups excluding tert-OH is 1. The fourth-order valence-electron chi connectivity index (χ4n) is 16.7. The summed E-state index contributed by atoms with van der Waals surface area (Å²) in [5.74, 6) is -2.80. The van der Waals surface area contributed by atoms with Crippen molar-refractivity contribution in [1.82, 2.24) is 36.5 Å². The Balaban J connectivity index is 0.000000175. The summed E-state index contributed by atoms with van der Waals surface area (Å²) in [6.45, 7) is 7.78. The maximum atomic E-state index is 14.1. The van der Waals surface area contributed by atoms with Crippen molar-refractivity contribution in [3.8, 4) is 52.0 Å². The van der Waals surface area contributed by atoms with Gasteiger partial charge in [-0.3, -0.25) is 28.3 Å². The largest absolute Gasteiger partial charge is 1.00 e. The van der Waals surface area contributed by atoms with Crippen LogP contribution in [-0.4, -0.2) is 98.9 Å². The van der Waals surface area contributed by atoms with Crippen LogP contribution in [0.1, 0.15) is 125 Å². The van der Waals surface area contributed by atoms with Crippen LogP contribution >= 0.6 is 0 Å². The van der Waals surface area contributed by atoms with Crippen molar-refractivity contribution in [2.75, 3.05) is 13.4 Å². The van der Waals surface area contributed by atoms with Gasteiger partial charge in [-0.15, -0.1) is 12.6 Å². The second kappa shape index (κ2) is 55.0. The van der Waals surface area contributed by atoms with E-state index in [4.69, 9.17) is 46.2 Å². The number of carbonyl (C=O) groups excluding carboxylic acids is 2. The van der Waals surface area contributed by atoms with Gasteiger partial charge in [0.2, 0.25) is 29.8 Å². The van der Waals surface area contributed by atoms with E-state index >= 15 is 0 Å². The van der Waals surface area contributed by atoms with Crippen LogP contribution < -0.4 is 123 Å². The quantitative estimate of drug-likeness (QED) is 0.0109. The number of ether oxygens (including phenoxy) is 6. The predicted molar refractivity (Wildman–Crippen MR) is 557 cm³/mol. The molecule has 0 aliphatic carbocycles. The van der Waals surface area contributed by atoms with Gasteiger partial charge in [-0.1, -0.05) is 279 Å². The van der Waals surface area contributed by atoms with E-state index in [1.54, 1.807) is 104 Å². The Morgan fingerprint density at radius 3 is 1.19 bits per heavy atom. The van der Waals surface area contributed by atoms with Crippen LogP contribution in [0, 0.1) is 26.8 Å². The normalized spacial score (nSPS) is 11.8. The molecule has 1 aliphatic rings. The van der Waals surface area contributed by atoms with E-state index in [1.807, 2.05) is 263 Å². The summed E-state index contributed by atoms with van der Waals surface area (Å²) >= 11 is 0. The Morgan fingerprint density at radius 1 is 0.413 bits per heavy atom. The maximum absolute atomic E-state index is 14.1. The van der Waals surface area contributed by atoms with Crippen LogP contribution in [0.2, 0.25) is 0 Å². The van der Waals surface area contributed by atoms with Crippen molar-refractivity contribution in [3.63, 3.8) is 0 Å². The molecule has 0 radical (unpaired) electrons. The maximum Gasteiger partial charge on any atom is 1.00 e. The number of carbonyl (C=O) groups is 2. The number of aromatic nitrogens is 8. The monoisotopic (exact) mass is 2070 g/mol. The van der Waals surface area contributed by atoms with Gasteiger partial charge in [0.1, 0.15) is 16.0 Å². The molecule has 13 aromatic carbocycles. The number of hydrogen-bond acceptors (Lipinski definition) is 23. The molecule has 0 saturated carbocycles. The van der Waals surface area contributed by atoms with Crippen molar-refractivity contribution in [1.29, 1.82) is 0 Å². The first-order valence-corrected chi connectivity index (χ1v) is 49.6. The first-order chi connectivity index (χ1) is 71.6. The molecule has 0 amide bonds. The standard InChI is InChI=1S/C34H29N2O4.C31H26N2O4.C28H26N2O4.C22H22N2O8S.2Na.O3S/c1-23-19-24(2)30(25(3)20-23)33(38)40-32-29(21-26-13-7-4-8-14-26)31(37)36(28-17-11-6-12-18-28)34(39)35(32)22-27-15-9-5-10-16-27;34-29-28(21-24-13-5-1-6-14-24)30(37-23-36-22-25-15-7-2-8-16-25)33(27-19-11-4-12-20-27)31(35)32(29)26-17-9-3-10-18-26;31-26-24(20-21-12-4-1-5-13-21)27(34-25-18-10-11-19-33-25)30(23-16-8-3-9-17-23)28(32)29(26)22-14-6-2-7-15-22;1-2-18-19(26)24(14-33(29,30)31)22(28)23(12-15-6-4-3-5-7-15)20(18)32-21(27)17-10-8-16(13-25)9-11-17;;;1-4(2)3/h4-13,15-20H,21-22H2,1-3H3;1-20H,21-23H2;1-9,12-17,25H,10-11,18-20H2;3-11,25H,2,12-14H2,1H3,(H,29,30,31);;;/q-1;;;;2*+1;/p-1. The zero-order valence-corrected chi connectivity index (χ0v) is 88.6. The van der Waals surface area contributed by atoms with Gasteiger partial charge in [0.05, 0.1) is 94.7 Å². The molecule has 1 N–H and O–H groups in total. The summed E-state index contributed by atoms with van der Waals surface area (Å²) in [6, 6.07) is 112. The van der Waals surface area contributed by atoms with Crippen LogP contribution in [0.25, 0.3) is 28.4 Å². The number of rotatable bonds is 30. The average Bonchev–Trinajstić information content (AvgIpc) is 0.758. The van der Waals surface area contributed by atoms with Gasteiger partial charge >= 0.3 is 104 Å². The fourth-order valence-corrected chi connectivity index (χ4v) is 17.2. The van der Waals surface area contributed by atoms with E-state index < -0.39 is 89.8 Å². The molecule has 1 fully saturated rings. The van der Waals surface area contributed by atoms with E-state index in [-0.39, 0.29) is 145 Å². The van der Waals surface area contributed by atoms with Crippen LogP contribution in [0.15, 0.2) is 402 Å². The van der Waals surface area contributed by atoms with E-state index in [1.165, 1.54) is 47.1 Å². The van der Waals surface area contributed by atoms with Gasteiger partial charge in [-0.25, -0.2) is 64.6 Å². The molecule has 754 valence electrons. The van der Waals surface area contributed by atoms with E-state index in [2.05, 4.69) is 6.07 Å². The second-order valence-corrected chi connectivity index (χ2v) is 35.7. The number of benzene rings is 13. The molecule has 5 heterocycles. The SMILES string of the molecule is CCc1c(OC(=O)c2ccc(CO)cc2)n(Cc2ccccc2)c(=O)n(CS(=O)(=O)[O-])c1=O.Cc1cc(C)c(C(=O)Oc2c(Cc3[c-]cccc3)c(=O)n(-c3ccccc3)c(=O)n2Cc2ccccc2)c(C)c1.O=S(=O)=O.O=c1c(Cc2ccccc2)c(OC2CCCCO2)n(-c2ccccc2)c(=O)n1-c1ccccc1.O=c1c(Cc2ccccc2)c(OCOCc2ccccc2)n(-c2ccccc2)c(=O)n1-c1ccccc1.[Na+].[Na+]. The van der Waals surface area contributed by atoms with Gasteiger partial charge in [-0.2, -0.15) is 35.9 Å². The Bertz CT molecular complexity index is 8170. The number of esters is 2. The van der Waals surface area contributed by atoms with Crippen molar-refractivity contribution in [2.24, 2.45) is 0 Å². The molecule has 150 heavy (non-hydrogen) atoms. The number of hydrogen-bond donors (Lipinski definition) is 1. The summed E-state index contributed by atoms with van der Waals surface area (Å²) in [5.41, 5.74) is 7.07. The molecule has 35 heteroatoms. The summed E-state index contributed by atoms with van der Waals surface area (Å²) in [6.07, 6.45) is 2.86. The topological polar surface area (TPSA) is 394 Å². The molecule has 4 aromatic heterocycles. The van der Waals surface area contributed by atoms with Crippen molar-refractivity contribution < 1.29 is 128 Å². The smallest absolute Gasteiger partial charge is 0.747 e. The number of para-hydroxylation sites is 5. The molecule has 1 atom stereocenters. The zero-order chi connectivity index (χ0) is 105. The molecular formula is C115H102N8Na2O23S2. The molecule has 1 unspecified atom stereocenters. The Labute approximate surface area is 908 Å². The number of aliphatic hydroxyl groups is 1. The minimum absolute atomic E-state index is 0. The molecule has 0 spiro atoms. The Hall–Kier alpha value is -15.5.